The summed E-state index contributed by atoms with van der Waals surface area (Å²) in [5.41, 5.74) is 4.62. The van der Waals surface area contributed by atoms with Gasteiger partial charge in [0.25, 0.3) is 0 Å². The SMILES string of the molecule is COc1cc2c(cc1NC(=S)Nc1ccc(C(C)C)cc1)oc1ccccc12. The van der Waals surface area contributed by atoms with Gasteiger partial charge in [-0.15, -0.1) is 0 Å². The van der Waals surface area contributed by atoms with Crippen LogP contribution in [0.4, 0.5) is 11.4 Å². The van der Waals surface area contributed by atoms with Gasteiger partial charge in [-0.25, -0.2) is 0 Å². The van der Waals surface area contributed by atoms with Crippen molar-refractivity contribution in [3.8, 4) is 5.75 Å². The lowest BCUT2D eigenvalue weighted by molar-refractivity contribution is 0.417. The van der Waals surface area contributed by atoms with Gasteiger partial charge in [0.15, 0.2) is 5.11 Å². The standard InChI is InChI=1S/C23H22N2O2S/c1-14(2)15-8-10-16(11-9-15)24-23(28)25-19-13-21-18(12-22(19)26-3)17-6-4-5-7-20(17)27-21/h4-14H,1-3H3,(H2,24,25,28). The minimum atomic E-state index is 0.492. The highest BCUT2D eigenvalue weighted by molar-refractivity contribution is 7.80. The summed E-state index contributed by atoms with van der Waals surface area (Å²) < 4.78 is 11.5. The van der Waals surface area contributed by atoms with Crippen LogP contribution < -0.4 is 15.4 Å². The molecule has 0 aliphatic rings. The molecule has 0 fully saturated rings. The van der Waals surface area contributed by atoms with Gasteiger partial charge >= 0.3 is 0 Å². The number of ether oxygens (including phenoxy) is 1. The smallest absolute Gasteiger partial charge is 0.175 e. The lowest BCUT2D eigenvalue weighted by Crippen LogP contribution is -2.19. The quantitative estimate of drug-likeness (QED) is 0.388. The fourth-order valence-electron chi connectivity index (χ4n) is 3.25. The number of para-hydroxylation sites is 1. The topological polar surface area (TPSA) is 46.4 Å². The van der Waals surface area contributed by atoms with Crippen LogP contribution in [0, 0.1) is 0 Å². The van der Waals surface area contributed by atoms with Gasteiger partial charge in [0.05, 0.1) is 12.8 Å². The third kappa shape index (κ3) is 3.53. The molecule has 4 rings (SSSR count). The molecule has 0 atom stereocenters. The van der Waals surface area contributed by atoms with Crippen LogP contribution in [-0.4, -0.2) is 12.2 Å². The van der Waals surface area contributed by atoms with Crippen molar-refractivity contribution in [1.82, 2.24) is 0 Å². The Hall–Kier alpha value is -3.05. The number of thiocarbonyl (C=S) groups is 1. The summed E-state index contributed by atoms with van der Waals surface area (Å²) in [7, 11) is 1.65. The molecular formula is C23H22N2O2S. The summed E-state index contributed by atoms with van der Waals surface area (Å²) in [6.45, 7) is 4.35. The van der Waals surface area contributed by atoms with E-state index in [9.17, 15) is 0 Å². The van der Waals surface area contributed by atoms with Crippen molar-refractivity contribution < 1.29 is 9.15 Å². The maximum Gasteiger partial charge on any atom is 0.175 e. The Kier molecular flexibility index (Phi) is 4.92. The van der Waals surface area contributed by atoms with Crippen molar-refractivity contribution in [3.05, 3.63) is 66.2 Å². The molecule has 1 heterocycles. The molecule has 1 aromatic heterocycles. The average Bonchev–Trinajstić information content (AvgIpc) is 3.05. The maximum absolute atomic E-state index is 5.97. The second-order valence-corrected chi connectivity index (χ2v) is 7.41. The molecule has 0 radical (unpaired) electrons. The first-order valence-electron chi connectivity index (χ1n) is 9.22. The Balaban J connectivity index is 1.59. The monoisotopic (exact) mass is 390 g/mol. The van der Waals surface area contributed by atoms with E-state index in [0.29, 0.717) is 16.8 Å². The van der Waals surface area contributed by atoms with Gasteiger partial charge in [-0.05, 0) is 48.0 Å². The fourth-order valence-corrected chi connectivity index (χ4v) is 3.48. The second kappa shape index (κ2) is 7.52. The Bertz CT molecular complexity index is 1150. The Morgan fingerprint density at radius 2 is 1.68 bits per heavy atom. The maximum atomic E-state index is 5.97. The number of benzene rings is 3. The lowest BCUT2D eigenvalue weighted by atomic mass is 10.0. The molecular weight excluding hydrogens is 368 g/mol. The molecule has 4 aromatic rings. The summed E-state index contributed by atoms with van der Waals surface area (Å²) in [4.78, 5) is 0. The molecule has 0 bridgehead atoms. The molecule has 0 aliphatic heterocycles. The molecule has 0 unspecified atom stereocenters. The first-order valence-corrected chi connectivity index (χ1v) is 9.63. The van der Waals surface area contributed by atoms with Gasteiger partial charge in [-0.1, -0.05) is 44.2 Å². The molecule has 3 aromatic carbocycles. The molecule has 28 heavy (non-hydrogen) atoms. The van der Waals surface area contributed by atoms with E-state index in [-0.39, 0.29) is 0 Å². The van der Waals surface area contributed by atoms with E-state index < -0.39 is 0 Å². The minimum Gasteiger partial charge on any atom is -0.495 e. The number of methoxy groups -OCH3 is 1. The number of anilines is 2. The van der Waals surface area contributed by atoms with E-state index in [1.807, 2.05) is 48.5 Å². The highest BCUT2D eigenvalue weighted by Crippen LogP contribution is 2.36. The predicted octanol–water partition coefficient (Wildman–Crippen LogP) is 6.53. The van der Waals surface area contributed by atoms with E-state index in [1.54, 1.807) is 7.11 Å². The van der Waals surface area contributed by atoms with Crippen molar-refractivity contribution in [2.45, 2.75) is 19.8 Å². The Morgan fingerprint density at radius 1 is 0.929 bits per heavy atom. The summed E-state index contributed by atoms with van der Waals surface area (Å²) in [6.07, 6.45) is 0. The van der Waals surface area contributed by atoms with Crippen LogP contribution >= 0.6 is 12.2 Å². The minimum absolute atomic E-state index is 0.492. The number of hydrogen-bond acceptors (Lipinski definition) is 3. The normalized spacial score (nSPS) is 11.1. The molecule has 0 spiro atoms. The molecule has 0 aliphatic carbocycles. The van der Waals surface area contributed by atoms with Crippen LogP contribution in [0.15, 0.2) is 65.1 Å². The fraction of sp³-hybridized carbons (Fsp3) is 0.174. The van der Waals surface area contributed by atoms with Gasteiger partial charge < -0.3 is 19.8 Å². The van der Waals surface area contributed by atoms with E-state index in [2.05, 4.69) is 36.6 Å². The third-order valence-electron chi connectivity index (χ3n) is 4.78. The zero-order valence-electron chi connectivity index (χ0n) is 16.1. The number of hydrogen-bond donors (Lipinski definition) is 2. The van der Waals surface area contributed by atoms with Crippen LogP contribution in [-0.2, 0) is 0 Å². The number of nitrogens with one attached hydrogen (secondary N) is 2. The summed E-state index contributed by atoms with van der Waals surface area (Å²) in [6, 6.07) is 20.1. The summed E-state index contributed by atoms with van der Waals surface area (Å²) in [5, 5.41) is 9.01. The van der Waals surface area contributed by atoms with E-state index in [0.717, 1.165) is 33.3 Å². The molecule has 0 saturated carbocycles. The van der Waals surface area contributed by atoms with Crippen molar-refractivity contribution in [2.24, 2.45) is 0 Å². The molecule has 4 nitrogen and oxygen atoms in total. The van der Waals surface area contributed by atoms with Gasteiger partial charge in [0, 0.05) is 22.5 Å². The van der Waals surface area contributed by atoms with Gasteiger partial charge in [-0.2, -0.15) is 0 Å². The van der Waals surface area contributed by atoms with Crippen LogP contribution in [0.3, 0.4) is 0 Å². The first kappa shape index (κ1) is 18.3. The number of furan rings is 1. The molecule has 5 heteroatoms. The second-order valence-electron chi connectivity index (χ2n) is 7.00. The highest BCUT2D eigenvalue weighted by atomic mass is 32.1. The first-order chi connectivity index (χ1) is 13.5. The van der Waals surface area contributed by atoms with Gasteiger partial charge in [0.2, 0.25) is 0 Å². The largest absolute Gasteiger partial charge is 0.495 e. The molecule has 2 N–H and O–H groups in total. The zero-order chi connectivity index (χ0) is 19.7. The van der Waals surface area contributed by atoms with Gasteiger partial charge in [-0.3, -0.25) is 0 Å². The van der Waals surface area contributed by atoms with Crippen LogP contribution in [0.5, 0.6) is 5.75 Å². The summed E-state index contributed by atoms with van der Waals surface area (Å²) >= 11 is 5.49. The molecule has 0 saturated heterocycles. The lowest BCUT2D eigenvalue weighted by Gasteiger charge is -2.14. The predicted molar refractivity (Wildman–Crippen MR) is 121 cm³/mol. The van der Waals surface area contributed by atoms with E-state index in [4.69, 9.17) is 21.4 Å². The number of fused-ring (bicyclic) bond motifs is 3. The number of rotatable bonds is 4. The van der Waals surface area contributed by atoms with E-state index >= 15 is 0 Å². The Labute approximate surface area is 169 Å². The Morgan fingerprint density at radius 3 is 2.39 bits per heavy atom. The van der Waals surface area contributed by atoms with Crippen molar-refractivity contribution >= 4 is 50.6 Å². The third-order valence-corrected chi connectivity index (χ3v) is 4.99. The average molecular weight is 391 g/mol. The summed E-state index contributed by atoms with van der Waals surface area (Å²) in [5.74, 6) is 1.21. The van der Waals surface area contributed by atoms with Crippen LogP contribution in [0.1, 0.15) is 25.3 Å². The van der Waals surface area contributed by atoms with E-state index in [1.165, 1.54) is 5.56 Å². The van der Waals surface area contributed by atoms with Crippen LogP contribution in [0.2, 0.25) is 0 Å². The van der Waals surface area contributed by atoms with Gasteiger partial charge in [0.1, 0.15) is 16.9 Å². The van der Waals surface area contributed by atoms with Crippen molar-refractivity contribution in [3.63, 3.8) is 0 Å². The highest BCUT2D eigenvalue weighted by Gasteiger charge is 2.13. The molecule has 0 amide bonds. The zero-order valence-corrected chi connectivity index (χ0v) is 16.9. The van der Waals surface area contributed by atoms with Crippen molar-refractivity contribution in [2.75, 3.05) is 17.7 Å². The van der Waals surface area contributed by atoms with Crippen LogP contribution in [0.25, 0.3) is 21.9 Å². The molecule has 142 valence electrons. The van der Waals surface area contributed by atoms with Crippen molar-refractivity contribution in [1.29, 1.82) is 0 Å².